The van der Waals surface area contributed by atoms with E-state index in [1.807, 2.05) is 0 Å². The maximum Gasteiger partial charge on any atom is 0.313 e. The molecule has 0 saturated carbocycles. The highest BCUT2D eigenvalue weighted by atomic mass is 79.9. The van der Waals surface area contributed by atoms with Crippen LogP contribution in [0.5, 0.6) is 0 Å². The number of unbranched alkanes of at least 4 members (excludes halogenated alkanes) is 13. The van der Waals surface area contributed by atoms with E-state index in [4.69, 9.17) is 9.47 Å². The zero-order valence-electron chi connectivity index (χ0n) is 23.0. The summed E-state index contributed by atoms with van der Waals surface area (Å²) < 4.78 is 12.7. The molecule has 212 valence electrons. The normalized spacial score (nSPS) is 23.8. The maximum atomic E-state index is 11.6. The monoisotopic (exact) mass is 588 g/mol. The van der Waals surface area contributed by atoms with Gasteiger partial charge in [0.05, 0.1) is 42.7 Å². The predicted octanol–water partition coefficient (Wildman–Crippen LogP) is 6.75. The van der Waals surface area contributed by atoms with Crippen molar-refractivity contribution in [1.29, 1.82) is 0 Å². The molecule has 0 radical (unpaired) electrons. The van der Waals surface area contributed by atoms with Crippen LogP contribution in [0.1, 0.15) is 96.8 Å². The van der Waals surface area contributed by atoms with Crippen molar-refractivity contribution in [2.75, 3.05) is 33.8 Å². The van der Waals surface area contributed by atoms with Crippen LogP contribution in [0.25, 0.3) is 0 Å². The molecular weight excluding hydrogens is 542 g/mol. The molecule has 0 aromatic heterocycles. The van der Waals surface area contributed by atoms with Crippen LogP contribution < -0.4 is 0 Å². The fourth-order valence-corrected chi connectivity index (χ4v) is 5.85. The third-order valence-electron chi connectivity index (χ3n) is 7.35. The molecule has 1 aliphatic carbocycles. The molecule has 3 unspecified atom stereocenters. The summed E-state index contributed by atoms with van der Waals surface area (Å²) in [5, 5.41) is 22.9. The van der Waals surface area contributed by atoms with Gasteiger partial charge in [0.25, 0.3) is 11.8 Å². The Hall–Kier alpha value is -1.36. The molecule has 1 spiro atoms. The van der Waals surface area contributed by atoms with E-state index >= 15 is 0 Å². The molecular formula is C27H47BrN3O6+. The average Bonchev–Trinajstić information content (AvgIpc) is 3.20. The molecule has 0 N–H and O–H groups in total. The van der Waals surface area contributed by atoms with Gasteiger partial charge in [-0.15, -0.1) is 0 Å². The van der Waals surface area contributed by atoms with Crippen LogP contribution in [0.2, 0.25) is 0 Å². The lowest BCUT2D eigenvalue weighted by Crippen LogP contribution is -2.47. The van der Waals surface area contributed by atoms with Crippen molar-refractivity contribution in [3.63, 3.8) is 0 Å². The Balaban J connectivity index is 1.63. The van der Waals surface area contributed by atoms with E-state index in [-0.39, 0.29) is 17.2 Å². The zero-order chi connectivity index (χ0) is 27.3. The van der Waals surface area contributed by atoms with E-state index in [1.54, 1.807) is 0 Å². The van der Waals surface area contributed by atoms with Crippen LogP contribution in [0.3, 0.4) is 0 Å². The molecule has 0 aromatic rings. The summed E-state index contributed by atoms with van der Waals surface area (Å²) in [4.78, 5) is 21.7. The first kappa shape index (κ1) is 31.9. The Morgan fingerprint density at radius 3 is 1.95 bits per heavy atom. The van der Waals surface area contributed by atoms with Crippen LogP contribution in [0.4, 0.5) is 0 Å². The number of nitro groups is 2. The molecule has 1 heterocycles. The predicted molar refractivity (Wildman–Crippen MR) is 149 cm³/mol. The standard InChI is InChI=1S/C27H47BrN3O6/c1-4-5-6-7-8-9-10-11-12-13-14-15-16-17-18-31(2,3)21-23-22-36-27(37-23)20-24(28)25(29(32)33)19-26(27)30(34)35/h19-20,23,25H,4-18,21-22H2,1-3H3/q+1. The minimum absolute atomic E-state index is 0.194. The largest absolute Gasteiger partial charge is 0.335 e. The minimum Gasteiger partial charge on any atom is -0.335 e. The van der Waals surface area contributed by atoms with Crippen molar-refractivity contribution in [3.8, 4) is 0 Å². The van der Waals surface area contributed by atoms with E-state index in [1.165, 1.54) is 89.5 Å². The van der Waals surface area contributed by atoms with Gasteiger partial charge in [-0.05, 0) is 28.8 Å². The van der Waals surface area contributed by atoms with Crippen molar-refractivity contribution < 1.29 is 23.8 Å². The van der Waals surface area contributed by atoms with Gasteiger partial charge in [-0.1, -0.05) is 84.0 Å². The summed E-state index contributed by atoms with van der Waals surface area (Å²) in [5.74, 6) is -1.69. The SMILES string of the molecule is CCCCCCCCCCCCCCCC[N+](C)(C)CC1COC2(C=C(Br)C([N+](=O)[O-])C=C2[N+](=O)[O-])O1. The number of halogens is 1. The number of nitrogens with zero attached hydrogens (tertiary/aromatic N) is 3. The highest BCUT2D eigenvalue weighted by Gasteiger charge is 2.55. The topological polar surface area (TPSA) is 105 Å². The Bertz CT molecular complexity index is 803. The third-order valence-corrected chi connectivity index (χ3v) is 8.05. The highest BCUT2D eigenvalue weighted by Crippen LogP contribution is 2.40. The van der Waals surface area contributed by atoms with Crippen LogP contribution in [-0.2, 0) is 9.47 Å². The second-order valence-electron chi connectivity index (χ2n) is 11.2. The molecule has 10 heteroatoms. The van der Waals surface area contributed by atoms with Crippen molar-refractivity contribution in [3.05, 3.63) is 42.6 Å². The average molecular weight is 590 g/mol. The highest BCUT2D eigenvalue weighted by molar-refractivity contribution is 9.11. The van der Waals surface area contributed by atoms with Crippen molar-refractivity contribution in [2.24, 2.45) is 0 Å². The van der Waals surface area contributed by atoms with Crippen molar-refractivity contribution in [2.45, 2.75) is 115 Å². The lowest BCUT2D eigenvalue weighted by Gasteiger charge is -2.32. The van der Waals surface area contributed by atoms with Gasteiger partial charge in [0.1, 0.15) is 12.6 Å². The van der Waals surface area contributed by atoms with Crippen LogP contribution in [0.15, 0.2) is 22.3 Å². The number of hydrogen-bond acceptors (Lipinski definition) is 6. The fraction of sp³-hybridized carbons (Fsp3) is 0.852. The number of quaternary nitrogens is 1. The van der Waals surface area contributed by atoms with Gasteiger partial charge in [-0.2, -0.15) is 0 Å². The molecule has 9 nitrogen and oxygen atoms in total. The number of rotatable bonds is 19. The van der Waals surface area contributed by atoms with E-state index in [2.05, 4.69) is 36.9 Å². The van der Waals surface area contributed by atoms with Crippen LogP contribution in [0, 0.1) is 20.2 Å². The van der Waals surface area contributed by atoms with Gasteiger partial charge in [0, 0.05) is 11.0 Å². The molecule has 1 aliphatic heterocycles. The van der Waals surface area contributed by atoms with Gasteiger partial charge in [-0.3, -0.25) is 20.2 Å². The number of hydrogen-bond donors (Lipinski definition) is 0. The zero-order valence-corrected chi connectivity index (χ0v) is 24.6. The fourth-order valence-electron chi connectivity index (χ4n) is 5.25. The Kier molecular flexibility index (Phi) is 13.7. The second-order valence-corrected chi connectivity index (χ2v) is 12.1. The van der Waals surface area contributed by atoms with E-state index < -0.39 is 27.4 Å². The van der Waals surface area contributed by atoms with Crippen molar-refractivity contribution in [1.82, 2.24) is 0 Å². The lowest BCUT2D eigenvalue weighted by atomic mass is 10.0. The Morgan fingerprint density at radius 2 is 1.46 bits per heavy atom. The number of likely N-dealkylation sites (N-methyl/N-ethyl adjacent to an activating group) is 1. The molecule has 37 heavy (non-hydrogen) atoms. The Labute approximate surface area is 230 Å². The van der Waals surface area contributed by atoms with Crippen molar-refractivity contribution >= 4 is 15.9 Å². The lowest BCUT2D eigenvalue weighted by molar-refractivity contribution is -0.893. The first-order valence-electron chi connectivity index (χ1n) is 14.1. The first-order valence-corrected chi connectivity index (χ1v) is 14.9. The van der Waals surface area contributed by atoms with Crippen LogP contribution in [-0.4, -0.2) is 66.1 Å². The summed E-state index contributed by atoms with van der Waals surface area (Å²) in [6.07, 6.45) is 20.6. The Morgan fingerprint density at radius 1 is 0.946 bits per heavy atom. The van der Waals surface area contributed by atoms with Gasteiger partial charge >= 0.3 is 5.70 Å². The van der Waals surface area contributed by atoms with Gasteiger partial charge < -0.3 is 14.0 Å². The molecule has 2 rings (SSSR count). The van der Waals surface area contributed by atoms with Gasteiger partial charge in [0.2, 0.25) is 0 Å². The van der Waals surface area contributed by atoms with Crippen LogP contribution >= 0.6 is 15.9 Å². The molecule has 1 fully saturated rings. The molecule has 0 bridgehead atoms. The summed E-state index contributed by atoms with van der Waals surface area (Å²) >= 11 is 3.17. The third kappa shape index (κ3) is 10.7. The van der Waals surface area contributed by atoms with E-state index in [0.29, 0.717) is 6.54 Å². The second kappa shape index (κ2) is 15.9. The summed E-state index contributed by atoms with van der Waals surface area (Å²) in [6.45, 7) is 4.10. The minimum atomic E-state index is -1.69. The van der Waals surface area contributed by atoms with E-state index in [9.17, 15) is 20.2 Å². The molecule has 1 saturated heterocycles. The molecule has 3 atom stereocenters. The van der Waals surface area contributed by atoms with E-state index in [0.717, 1.165) is 23.5 Å². The van der Waals surface area contributed by atoms with Gasteiger partial charge in [-0.25, -0.2) is 0 Å². The summed E-state index contributed by atoms with van der Waals surface area (Å²) in [6, 6.07) is -1.31. The quantitative estimate of drug-likeness (QED) is 0.0714. The summed E-state index contributed by atoms with van der Waals surface area (Å²) in [7, 11) is 4.27. The first-order chi connectivity index (χ1) is 17.6. The number of ether oxygens (including phenoxy) is 2. The summed E-state index contributed by atoms with van der Waals surface area (Å²) in [5.41, 5.74) is -0.433. The molecule has 0 amide bonds. The molecule has 0 aromatic carbocycles. The molecule has 2 aliphatic rings. The smallest absolute Gasteiger partial charge is 0.313 e. The maximum absolute atomic E-state index is 11.6. The van der Waals surface area contributed by atoms with Gasteiger partial charge in [0.15, 0.2) is 0 Å².